The van der Waals surface area contributed by atoms with Gasteiger partial charge in [0.1, 0.15) is 24.6 Å². The molecular formula is C27H37N3O5. The third-order valence-electron chi connectivity index (χ3n) is 5.49. The molecule has 1 aliphatic heterocycles. The molecule has 0 bridgehead atoms. The van der Waals surface area contributed by atoms with Crippen molar-refractivity contribution < 1.29 is 23.8 Å². The van der Waals surface area contributed by atoms with Crippen LogP contribution in [0.4, 0.5) is 9.59 Å². The number of carbonyl (C=O) groups excluding carboxylic acids is 2. The third kappa shape index (κ3) is 10.3. The number of ether oxygens (including phenoxy) is 3. The van der Waals surface area contributed by atoms with E-state index < -0.39 is 11.7 Å². The van der Waals surface area contributed by atoms with Gasteiger partial charge in [0.05, 0.1) is 6.54 Å². The number of hydrogen-bond acceptors (Lipinski definition) is 6. The Balaban J connectivity index is 1.28. The van der Waals surface area contributed by atoms with E-state index in [0.717, 1.165) is 43.8 Å². The van der Waals surface area contributed by atoms with E-state index in [2.05, 4.69) is 27.7 Å². The Labute approximate surface area is 207 Å². The summed E-state index contributed by atoms with van der Waals surface area (Å²) in [5, 5.41) is 5.66. The van der Waals surface area contributed by atoms with Gasteiger partial charge in [-0.3, -0.25) is 4.90 Å². The summed E-state index contributed by atoms with van der Waals surface area (Å²) in [6.45, 7) is 9.27. The number of carbonyl (C=O) groups is 2. The molecule has 2 aromatic rings. The summed E-state index contributed by atoms with van der Waals surface area (Å²) < 4.78 is 16.2. The van der Waals surface area contributed by atoms with E-state index in [1.165, 1.54) is 5.56 Å². The highest BCUT2D eigenvalue weighted by Gasteiger charge is 2.23. The predicted molar refractivity (Wildman–Crippen MR) is 134 cm³/mol. The molecule has 0 saturated carbocycles. The van der Waals surface area contributed by atoms with Gasteiger partial charge in [-0.15, -0.1) is 0 Å². The van der Waals surface area contributed by atoms with Crippen molar-refractivity contribution in [2.75, 3.05) is 26.2 Å². The second-order valence-electron chi connectivity index (χ2n) is 9.68. The number of hydrogen-bond donors (Lipinski definition) is 2. The quantitative estimate of drug-likeness (QED) is 0.511. The van der Waals surface area contributed by atoms with E-state index in [9.17, 15) is 9.59 Å². The normalized spacial score (nSPS) is 14.7. The summed E-state index contributed by atoms with van der Waals surface area (Å²) in [5.41, 5.74) is 1.67. The monoisotopic (exact) mass is 483 g/mol. The van der Waals surface area contributed by atoms with E-state index in [4.69, 9.17) is 14.2 Å². The lowest BCUT2D eigenvalue weighted by atomic mass is 10.0. The first-order valence-electron chi connectivity index (χ1n) is 12.1. The van der Waals surface area contributed by atoms with Gasteiger partial charge in [-0.25, -0.2) is 9.59 Å². The van der Waals surface area contributed by atoms with Crippen molar-refractivity contribution in [3.63, 3.8) is 0 Å². The number of likely N-dealkylation sites (tertiary alicyclic amines) is 1. The van der Waals surface area contributed by atoms with Gasteiger partial charge in [0.25, 0.3) is 0 Å². The molecule has 0 aliphatic carbocycles. The van der Waals surface area contributed by atoms with E-state index in [-0.39, 0.29) is 18.7 Å². The minimum atomic E-state index is -0.481. The van der Waals surface area contributed by atoms with Crippen LogP contribution in [0, 0.1) is 0 Å². The molecule has 0 atom stereocenters. The van der Waals surface area contributed by atoms with Crippen molar-refractivity contribution in [3.8, 4) is 5.75 Å². The van der Waals surface area contributed by atoms with Gasteiger partial charge in [-0.05, 0) is 56.9 Å². The van der Waals surface area contributed by atoms with Gasteiger partial charge >= 0.3 is 12.2 Å². The van der Waals surface area contributed by atoms with Crippen LogP contribution in [0.2, 0.25) is 0 Å². The van der Waals surface area contributed by atoms with Gasteiger partial charge < -0.3 is 24.8 Å². The van der Waals surface area contributed by atoms with Crippen molar-refractivity contribution in [2.24, 2.45) is 0 Å². The zero-order chi connectivity index (χ0) is 25.1. The van der Waals surface area contributed by atoms with Crippen molar-refractivity contribution in [3.05, 3.63) is 65.7 Å². The number of amides is 2. The van der Waals surface area contributed by atoms with Crippen LogP contribution in [0.25, 0.3) is 0 Å². The number of nitrogens with zero attached hydrogens (tertiary/aromatic N) is 1. The van der Waals surface area contributed by atoms with Gasteiger partial charge in [-0.2, -0.15) is 0 Å². The lowest BCUT2D eigenvalue weighted by Gasteiger charge is -2.32. The number of piperidine rings is 1. The first-order chi connectivity index (χ1) is 16.8. The van der Waals surface area contributed by atoms with Crippen molar-refractivity contribution in [1.29, 1.82) is 0 Å². The highest BCUT2D eigenvalue weighted by atomic mass is 16.6. The largest absolute Gasteiger partial charge is 0.492 e. The van der Waals surface area contributed by atoms with Crippen LogP contribution in [-0.2, 0) is 22.6 Å². The summed E-state index contributed by atoms with van der Waals surface area (Å²) in [5.74, 6) is 0.758. The molecular weight excluding hydrogens is 446 g/mol. The molecule has 2 N–H and O–H groups in total. The Kier molecular flexibility index (Phi) is 9.78. The Morgan fingerprint density at radius 3 is 2.29 bits per heavy atom. The van der Waals surface area contributed by atoms with E-state index in [1.54, 1.807) is 0 Å². The smallest absolute Gasteiger partial charge is 0.407 e. The third-order valence-corrected chi connectivity index (χ3v) is 5.49. The summed E-state index contributed by atoms with van der Waals surface area (Å²) in [6.07, 6.45) is 1.01. The molecule has 8 nitrogen and oxygen atoms in total. The molecule has 0 aromatic heterocycles. The molecule has 0 unspecified atom stereocenters. The van der Waals surface area contributed by atoms with Crippen LogP contribution in [0.15, 0.2) is 54.6 Å². The topological polar surface area (TPSA) is 89.1 Å². The van der Waals surface area contributed by atoms with Crippen LogP contribution >= 0.6 is 0 Å². The molecule has 8 heteroatoms. The average Bonchev–Trinajstić information content (AvgIpc) is 2.82. The van der Waals surface area contributed by atoms with Gasteiger partial charge in [0, 0.05) is 25.7 Å². The summed E-state index contributed by atoms with van der Waals surface area (Å²) in [6, 6.07) is 17.7. The Hall–Kier alpha value is -3.26. The van der Waals surface area contributed by atoms with E-state index >= 15 is 0 Å². The van der Waals surface area contributed by atoms with Crippen LogP contribution in [0.1, 0.15) is 44.7 Å². The number of rotatable bonds is 9. The minimum Gasteiger partial charge on any atom is -0.492 e. The van der Waals surface area contributed by atoms with Crippen LogP contribution in [0.5, 0.6) is 5.75 Å². The Morgan fingerprint density at radius 1 is 0.943 bits per heavy atom. The minimum absolute atomic E-state index is 0.154. The van der Waals surface area contributed by atoms with E-state index in [0.29, 0.717) is 13.2 Å². The molecule has 2 amide bonds. The molecule has 0 radical (unpaired) electrons. The first-order valence-corrected chi connectivity index (χ1v) is 12.1. The summed E-state index contributed by atoms with van der Waals surface area (Å²) in [4.78, 5) is 26.1. The van der Waals surface area contributed by atoms with Crippen molar-refractivity contribution in [1.82, 2.24) is 15.5 Å². The van der Waals surface area contributed by atoms with Crippen LogP contribution < -0.4 is 15.4 Å². The van der Waals surface area contributed by atoms with Gasteiger partial charge in [0.15, 0.2) is 0 Å². The molecule has 3 rings (SSSR count). The maximum absolute atomic E-state index is 12.0. The lowest BCUT2D eigenvalue weighted by molar-refractivity contribution is 0.0477. The fourth-order valence-corrected chi connectivity index (χ4v) is 3.76. The maximum Gasteiger partial charge on any atom is 0.407 e. The fraction of sp³-hybridized carbons (Fsp3) is 0.481. The predicted octanol–water partition coefficient (Wildman–Crippen LogP) is 4.48. The molecule has 0 spiro atoms. The van der Waals surface area contributed by atoms with Crippen molar-refractivity contribution >= 4 is 12.2 Å². The first kappa shape index (κ1) is 26.3. The Bertz CT molecular complexity index is 920. The van der Waals surface area contributed by atoms with Crippen LogP contribution in [0.3, 0.4) is 0 Å². The molecule has 1 fully saturated rings. The SMILES string of the molecule is CC(C)(C)OC(=O)NC1CCN(Cc2ccc(OCCNC(=O)OCc3ccccc3)cc2)CC1. The number of benzene rings is 2. The maximum atomic E-state index is 12.0. The van der Waals surface area contributed by atoms with Crippen LogP contribution in [-0.4, -0.2) is 55.0 Å². The highest BCUT2D eigenvalue weighted by molar-refractivity contribution is 5.68. The molecule has 2 aromatic carbocycles. The molecule has 190 valence electrons. The zero-order valence-corrected chi connectivity index (χ0v) is 20.9. The second kappa shape index (κ2) is 13.0. The fourth-order valence-electron chi connectivity index (χ4n) is 3.76. The average molecular weight is 484 g/mol. The molecule has 1 aliphatic rings. The lowest BCUT2D eigenvalue weighted by Crippen LogP contribution is -2.45. The summed E-state index contributed by atoms with van der Waals surface area (Å²) >= 11 is 0. The molecule has 35 heavy (non-hydrogen) atoms. The molecule has 1 saturated heterocycles. The zero-order valence-electron chi connectivity index (χ0n) is 20.9. The molecule has 1 heterocycles. The van der Waals surface area contributed by atoms with E-state index in [1.807, 2.05) is 63.2 Å². The van der Waals surface area contributed by atoms with Gasteiger partial charge in [-0.1, -0.05) is 42.5 Å². The Morgan fingerprint density at radius 2 is 1.63 bits per heavy atom. The summed E-state index contributed by atoms with van der Waals surface area (Å²) in [7, 11) is 0. The number of nitrogens with one attached hydrogen (secondary N) is 2. The van der Waals surface area contributed by atoms with Crippen molar-refractivity contribution in [2.45, 2.75) is 58.4 Å². The second-order valence-corrected chi connectivity index (χ2v) is 9.68. The van der Waals surface area contributed by atoms with Gasteiger partial charge in [0.2, 0.25) is 0 Å². The standard InChI is InChI=1S/C27H37N3O5/c1-27(2,3)35-26(32)29-23-13-16-30(17-14-23)19-21-9-11-24(12-10-21)33-18-15-28-25(31)34-20-22-7-5-4-6-8-22/h4-12,23H,13-20H2,1-3H3,(H,28,31)(H,29,32). The number of alkyl carbamates (subject to hydrolysis) is 2. The highest BCUT2D eigenvalue weighted by Crippen LogP contribution is 2.17.